The van der Waals surface area contributed by atoms with E-state index in [-0.39, 0.29) is 17.9 Å². The van der Waals surface area contributed by atoms with E-state index in [2.05, 4.69) is 11.8 Å². The first-order chi connectivity index (χ1) is 9.40. The van der Waals surface area contributed by atoms with Crippen LogP contribution in [0.4, 0.5) is 0 Å². The van der Waals surface area contributed by atoms with Gasteiger partial charge in [0.1, 0.15) is 6.61 Å². The smallest absolute Gasteiger partial charge is 0.228 e. The Balaban J connectivity index is 2.81. The van der Waals surface area contributed by atoms with Gasteiger partial charge in [-0.3, -0.25) is 4.79 Å². The van der Waals surface area contributed by atoms with Crippen LogP contribution in [-0.4, -0.2) is 29.6 Å². The third-order valence-electron chi connectivity index (χ3n) is 3.47. The number of rotatable bonds is 4. The van der Waals surface area contributed by atoms with Crippen molar-refractivity contribution in [2.24, 2.45) is 5.41 Å². The summed E-state index contributed by atoms with van der Waals surface area (Å²) in [6.45, 7) is 6.38. The third-order valence-corrected chi connectivity index (χ3v) is 3.47. The molecule has 20 heavy (non-hydrogen) atoms. The van der Waals surface area contributed by atoms with Crippen molar-refractivity contribution in [3.63, 3.8) is 0 Å². The summed E-state index contributed by atoms with van der Waals surface area (Å²) in [5, 5.41) is 8.71. The lowest BCUT2D eigenvalue weighted by Gasteiger charge is -2.28. The highest BCUT2D eigenvalue weighted by Gasteiger charge is 2.28. The Labute approximate surface area is 121 Å². The topological polar surface area (TPSA) is 40.5 Å². The Hall–Kier alpha value is -1.79. The van der Waals surface area contributed by atoms with Crippen molar-refractivity contribution in [2.45, 2.75) is 33.7 Å². The van der Waals surface area contributed by atoms with Crippen LogP contribution < -0.4 is 0 Å². The highest BCUT2D eigenvalue weighted by molar-refractivity contribution is 5.81. The van der Waals surface area contributed by atoms with Gasteiger partial charge in [0.15, 0.2) is 0 Å². The molecule has 0 aromatic heterocycles. The summed E-state index contributed by atoms with van der Waals surface area (Å²) < 4.78 is 0. The number of carbonyl (C=O) groups excluding carboxylic acids is 1. The van der Waals surface area contributed by atoms with Gasteiger partial charge in [-0.15, -0.1) is 0 Å². The molecular weight excluding hydrogens is 250 g/mol. The minimum absolute atomic E-state index is 0.145. The highest BCUT2D eigenvalue weighted by Crippen LogP contribution is 2.23. The van der Waals surface area contributed by atoms with Crippen molar-refractivity contribution in [1.29, 1.82) is 0 Å². The summed E-state index contributed by atoms with van der Waals surface area (Å²) in [4.78, 5) is 14.1. The fourth-order valence-corrected chi connectivity index (χ4v) is 1.90. The van der Waals surface area contributed by atoms with Gasteiger partial charge in [0.25, 0.3) is 0 Å². The first kappa shape index (κ1) is 16.3. The van der Waals surface area contributed by atoms with Crippen LogP contribution in [0.5, 0.6) is 0 Å². The largest absolute Gasteiger partial charge is 0.384 e. The Morgan fingerprint density at radius 2 is 2.10 bits per heavy atom. The maximum absolute atomic E-state index is 12.3. The van der Waals surface area contributed by atoms with Crippen LogP contribution in [0.15, 0.2) is 24.3 Å². The molecule has 0 fully saturated rings. The quantitative estimate of drug-likeness (QED) is 0.856. The van der Waals surface area contributed by atoms with Gasteiger partial charge in [-0.05, 0) is 24.1 Å². The molecule has 1 N–H and O–H groups in total. The summed E-state index contributed by atoms with van der Waals surface area (Å²) >= 11 is 0. The number of benzene rings is 1. The zero-order chi connectivity index (χ0) is 15.2. The van der Waals surface area contributed by atoms with E-state index < -0.39 is 0 Å². The Morgan fingerprint density at radius 3 is 2.70 bits per heavy atom. The number of nitrogens with zero attached hydrogens (tertiary/aromatic N) is 1. The van der Waals surface area contributed by atoms with Crippen LogP contribution in [-0.2, 0) is 11.3 Å². The molecule has 0 radical (unpaired) electrons. The number of amides is 1. The van der Waals surface area contributed by atoms with E-state index in [0.29, 0.717) is 6.54 Å². The van der Waals surface area contributed by atoms with Crippen molar-refractivity contribution in [2.75, 3.05) is 13.7 Å². The second kappa shape index (κ2) is 7.12. The average Bonchev–Trinajstić information content (AvgIpc) is 2.44. The van der Waals surface area contributed by atoms with E-state index in [1.165, 1.54) is 0 Å². The minimum atomic E-state index is -0.330. The Morgan fingerprint density at radius 1 is 1.40 bits per heavy atom. The Bertz CT molecular complexity index is 523. The zero-order valence-corrected chi connectivity index (χ0v) is 12.7. The molecule has 1 aromatic carbocycles. The van der Waals surface area contributed by atoms with Gasteiger partial charge < -0.3 is 10.0 Å². The lowest BCUT2D eigenvalue weighted by atomic mass is 9.88. The van der Waals surface area contributed by atoms with Crippen molar-refractivity contribution < 1.29 is 9.90 Å². The second-order valence-electron chi connectivity index (χ2n) is 5.56. The molecule has 0 atom stereocenters. The van der Waals surface area contributed by atoms with Gasteiger partial charge in [0, 0.05) is 24.6 Å². The van der Waals surface area contributed by atoms with E-state index in [9.17, 15) is 4.79 Å². The molecular formula is C17H23NO2. The first-order valence-electron chi connectivity index (χ1n) is 6.85. The molecule has 3 nitrogen and oxygen atoms in total. The predicted molar refractivity (Wildman–Crippen MR) is 81.0 cm³/mol. The lowest BCUT2D eigenvalue weighted by molar-refractivity contribution is -0.139. The number of hydrogen-bond donors (Lipinski definition) is 1. The van der Waals surface area contributed by atoms with Crippen LogP contribution in [0, 0.1) is 17.3 Å². The number of aliphatic hydroxyl groups excluding tert-OH is 1. The maximum Gasteiger partial charge on any atom is 0.228 e. The molecule has 0 bridgehead atoms. The number of aliphatic hydroxyl groups is 1. The summed E-state index contributed by atoms with van der Waals surface area (Å²) in [6, 6.07) is 7.74. The fourth-order valence-electron chi connectivity index (χ4n) is 1.90. The van der Waals surface area contributed by atoms with Crippen LogP contribution in [0.3, 0.4) is 0 Å². The van der Waals surface area contributed by atoms with Gasteiger partial charge in [0.05, 0.1) is 0 Å². The van der Waals surface area contributed by atoms with Gasteiger partial charge >= 0.3 is 0 Å². The van der Waals surface area contributed by atoms with E-state index in [1.807, 2.05) is 52.1 Å². The normalized spacial score (nSPS) is 10.7. The van der Waals surface area contributed by atoms with Crippen molar-refractivity contribution in [1.82, 2.24) is 4.90 Å². The van der Waals surface area contributed by atoms with Crippen molar-refractivity contribution >= 4 is 5.91 Å². The second-order valence-corrected chi connectivity index (χ2v) is 5.56. The Kier molecular flexibility index (Phi) is 5.79. The van der Waals surface area contributed by atoms with Crippen molar-refractivity contribution in [3.8, 4) is 11.8 Å². The van der Waals surface area contributed by atoms with Crippen LogP contribution in [0.25, 0.3) is 0 Å². The third kappa shape index (κ3) is 4.40. The molecule has 108 valence electrons. The summed E-state index contributed by atoms with van der Waals surface area (Å²) in [7, 11) is 1.83. The molecule has 0 saturated heterocycles. The summed E-state index contributed by atoms with van der Waals surface area (Å²) in [6.07, 6.45) is 0.818. The number of carbonyl (C=O) groups is 1. The number of hydrogen-bond acceptors (Lipinski definition) is 2. The molecule has 0 aliphatic carbocycles. The molecule has 0 unspecified atom stereocenters. The fraction of sp³-hybridized carbons (Fsp3) is 0.471. The van der Waals surface area contributed by atoms with Gasteiger partial charge in [-0.25, -0.2) is 0 Å². The van der Waals surface area contributed by atoms with Gasteiger partial charge in [-0.2, -0.15) is 0 Å². The molecule has 0 saturated carbocycles. The molecule has 0 heterocycles. The van der Waals surface area contributed by atoms with Gasteiger partial charge in [0.2, 0.25) is 5.91 Å². The van der Waals surface area contributed by atoms with E-state index >= 15 is 0 Å². The van der Waals surface area contributed by atoms with Crippen LogP contribution in [0.1, 0.15) is 38.3 Å². The lowest BCUT2D eigenvalue weighted by Crippen LogP contribution is -2.37. The highest BCUT2D eigenvalue weighted by atomic mass is 16.2. The molecule has 0 aliphatic heterocycles. The van der Waals surface area contributed by atoms with E-state index in [1.54, 1.807) is 4.90 Å². The summed E-state index contributed by atoms with van der Waals surface area (Å²) in [5.41, 5.74) is 1.56. The summed E-state index contributed by atoms with van der Waals surface area (Å²) in [5.74, 6) is 5.65. The SMILES string of the molecule is CCC(C)(C)C(=O)N(C)Cc1cccc(C#CCO)c1. The molecule has 3 heteroatoms. The van der Waals surface area contributed by atoms with Crippen LogP contribution >= 0.6 is 0 Å². The van der Waals surface area contributed by atoms with Crippen LogP contribution in [0.2, 0.25) is 0 Å². The van der Waals surface area contributed by atoms with E-state index in [4.69, 9.17) is 5.11 Å². The standard InChI is InChI=1S/C17H23NO2/c1-5-17(2,3)16(20)18(4)13-15-9-6-8-14(12-15)10-7-11-19/h6,8-9,12,19H,5,11,13H2,1-4H3. The van der Waals surface area contributed by atoms with Gasteiger partial charge in [-0.1, -0.05) is 44.7 Å². The zero-order valence-electron chi connectivity index (χ0n) is 12.7. The predicted octanol–water partition coefficient (Wildman–Crippen LogP) is 2.43. The molecule has 0 aliphatic rings. The molecule has 1 aromatic rings. The molecule has 1 amide bonds. The molecule has 0 spiro atoms. The monoisotopic (exact) mass is 273 g/mol. The maximum atomic E-state index is 12.3. The first-order valence-corrected chi connectivity index (χ1v) is 6.85. The van der Waals surface area contributed by atoms with E-state index in [0.717, 1.165) is 17.5 Å². The van der Waals surface area contributed by atoms with Crippen molar-refractivity contribution in [3.05, 3.63) is 35.4 Å². The average molecular weight is 273 g/mol. The molecule has 1 rings (SSSR count). The minimum Gasteiger partial charge on any atom is -0.384 e.